The van der Waals surface area contributed by atoms with E-state index in [4.69, 9.17) is 28.6 Å². The van der Waals surface area contributed by atoms with Crippen LogP contribution in [-0.2, 0) is 0 Å². The zero-order valence-corrected chi connectivity index (χ0v) is 13.8. The molecule has 0 bridgehead atoms. The molecule has 2 aromatic rings. The number of hydrogen-bond donors (Lipinski definition) is 0. The molecule has 0 spiro atoms. The van der Waals surface area contributed by atoms with E-state index in [2.05, 4.69) is 15.3 Å². The van der Waals surface area contributed by atoms with Crippen molar-refractivity contribution in [3.63, 3.8) is 0 Å². The lowest BCUT2D eigenvalue weighted by Gasteiger charge is -2.17. The van der Waals surface area contributed by atoms with Crippen molar-refractivity contribution >= 4 is 35.1 Å². The van der Waals surface area contributed by atoms with Crippen molar-refractivity contribution in [2.45, 2.75) is 6.17 Å². The molecule has 3 rings (SSSR count). The van der Waals surface area contributed by atoms with Crippen LogP contribution in [0.1, 0.15) is 17.3 Å². The number of nitrogens with zero attached hydrogens (tertiary/aromatic N) is 4. The van der Waals surface area contributed by atoms with E-state index in [1.807, 2.05) is 36.4 Å². The van der Waals surface area contributed by atoms with E-state index < -0.39 is 0 Å². The number of hydrogen-bond acceptors (Lipinski definition) is 4. The van der Waals surface area contributed by atoms with E-state index in [1.165, 1.54) is 0 Å². The van der Waals surface area contributed by atoms with Gasteiger partial charge >= 0.3 is 0 Å². The van der Waals surface area contributed by atoms with E-state index in [-0.39, 0.29) is 6.17 Å². The van der Waals surface area contributed by atoms with Crippen LogP contribution < -0.4 is 4.74 Å². The summed E-state index contributed by atoms with van der Waals surface area (Å²) in [5.74, 6) is 0.618. The molecule has 0 saturated heterocycles. The minimum atomic E-state index is -0.339. The predicted molar refractivity (Wildman–Crippen MR) is 94.1 cm³/mol. The van der Waals surface area contributed by atoms with Crippen LogP contribution >= 0.6 is 23.8 Å². The number of methoxy groups -OCH3 is 1. The first-order valence-corrected chi connectivity index (χ1v) is 7.64. The van der Waals surface area contributed by atoms with Gasteiger partial charge in [0.15, 0.2) is 6.17 Å². The highest BCUT2D eigenvalue weighted by Crippen LogP contribution is 2.29. The van der Waals surface area contributed by atoms with E-state index in [0.29, 0.717) is 15.9 Å². The van der Waals surface area contributed by atoms with Crippen molar-refractivity contribution in [1.82, 2.24) is 5.01 Å². The Hall–Kier alpha value is -2.31. The van der Waals surface area contributed by atoms with Crippen LogP contribution in [0.2, 0.25) is 5.02 Å². The third-order valence-electron chi connectivity index (χ3n) is 3.29. The van der Waals surface area contributed by atoms with Gasteiger partial charge in [0.25, 0.3) is 0 Å². The highest BCUT2D eigenvalue weighted by molar-refractivity contribution is 7.80. The summed E-state index contributed by atoms with van der Waals surface area (Å²) >= 11 is 11.3. The van der Waals surface area contributed by atoms with Gasteiger partial charge in [0, 0.05) is 5.56 Å². The Labute approximate surface area is 144 Å². The molecule has 0 N–H and O–H groups in total. The third-order valence-corrected chi connectivity index (χ3v) is 3.85. The van der Waals surface area contributed by atoms with Gasteiger partial charge < -0.3 is 4.74 Å². The largest absolute Gasteiger partial charge is 0.495 e. The highest BCUT2D eigenvalue weighted by Gasteiger charge is 2.27. The standard InChI is InChI=1S/C16H13ClN4OS/c1-22-14-8-7-11(9-13(14)17)10-18-21-15(19-20-16(21)23)12-5-3-2-4-6-12/h2-10,15H,1H3. The zero-order chi connectivity index (χ0) is 16.2. The molecule has 0 amide bonds. The van der Waals surface area contributed by atoms with Crippen LogP contribution in [0.4, 0.5) is 0 Å². The van der Waals surface area contributed by atoms with Gasteiger partial charge in [0.2, 0.25) is 5.11 Å². The molecule has 0 aliphatic carbocycles. The van der Waals surface area contributed by atoms with Crippen molar-refractivity contribution < 1.29 is 4.74 Å². The van der Waals surface area contributed by atoms with Crippen LogP contribution in [0.3, 0.4) is 0 Å². The smallest absolute Gasteiger partial charge is 0.238 e. The molecule has 0 fully saturated rings. The second kappa shape index (κ2) is 6.85. The van der Waals surface area contributed by atoms with Gasteiger partial charge in [0.05, 0.1) is 18.3 Å². The second-order valence-electron chi connectivity index (χ2n) is 4.77. The van der Waals surface area contributed by atoms with Gasteiger partial charge in [-0.3, -0.25) is 0 Å². The fourth-order valence-corrected chi connectivity index (χ4v) is 2.60. The van der Waals surface area contributed by atoms with Crippen molar-refractivity contribution in [3.8, 4) is 5.75 Å². The second-order valence-corrected chi connectivity index (χ2v) is 5.54. The van der Waals surface area contributed by atoms with Crippen molar-refractivity contribution in [2.24, 2.45) is 15.3 Å². The summed E-state index contributed by atoms with van der Waals surface area (Å²) in [6.45, 7) is 0. The maximum atomic E-state index is 6.12. The van der Waals surface area contributed by atoms with E-state index in [0.717, 1.165) is 11.1 Å². The minimum Gasteiger partial charge on any atom is -0.495 e. The highest BCUT2D eigenvalue weighted by atomic mass is 35.5. The maximum Gasteiger partial charge on any atom is 0.238 e. The number of rotatable bonds is 4. The Morgan fingerprint density at radius 2 is 2.04 bits per heavy atom. The van der Waals surface area contributed by atoms with Gasteiger partial charge in [-0.2, -0.15) is 10.2 Å². The Kier molecular flexibility index (Phi) is 4.64. The van der Waals surface area contributed by atoms with Crippen LogP contribution in [0.25, 0.3) is 0 Å². The molecule has 1 heterocycles. The molecule has 1 atom stereocenters. The first-order valence-electron chi connectivity index (χ1n) is 6.85. The lowest BCUT2D eigenvalue weighted by molar-refractivity contribution is 0.367. The molecule has 0 aromatic heterocycles. The summed E-state index contributed by atoms with van der Waals surface area (Å²) < 4.78 is 5.13. The third kappa shape index (κ3) is 3.38. The Morgan fingerprint density at radius 3 is 2.74 bits per heavy atom. The normalized spacial score (nSPS) is 17.2. The molecular weight excluding hydrogens is 332 g/mol. The van der Waals surface area contributed by atoms with Crippen molar-refractivity contribution in [3.05, 3.63) is 64.7 Å². The summed E-state index contributed by atoms with van der Waals surface area (Å²) in [6, 6.07) is 15.2. The van der Waals surface area contributed by atoms with Crippen LogP contribution in [0.5, 0.6) is 5.75 Å². The maximum absolute atomic E-state index is 6.12. The summed E-state index contributed by atoms with van der Waals surface area (Å²) in [5, 5.41) is 15.0. The topological polar surface area (TPSA) is 49.5 Å². The lowest BCUT2D eigenvalue weighted by atomic mass is 10.2. The van der Waals surface area contributed by atoms with Gasteiger partial charge in [0.1, 0.15) is 5.75 Å². The van der Waals surface area contributed by atoms with Gasteiger partial charge in [-0.05, 0) is 36.0 Å². The van der Waals surface area contributed by atoms with Crippen molar-refractivity contribution in [2.75, 3.05) is 7.11 Å². The SMILES string of the molecule is COc1ccc(C=NN2C(=S)N=NC2c2ccccc2)cc1Cl. The van der Waals surface area contributed by atoms with Crippen LogP contribution in [0, 0.1) is 0 Å². The zero-order valence-electron chi connectivity index (χ0n) is 12.3. The molecule has 1 aliphatic heterocycles. The molecule has 116 valence electrons. The number of ether oxygens (including phenoxy) is 1. The molecule has 7 heteroatoms. The first-order chi connectivity index (χ1) is 11.2. The summed E-state index contributed by atoms with van der Waals surface area (Å²) in [4.78, 5) is 0. The number of thiocarbonyl (C=S) groups is 1. The van der Waals surface area contributed by atoms with E-state index in [9.17, 15) is 0 Å². The molecule has 1 aliphatic rings. The van der Waals surface area contributed by atoms with Crippen LogP contribution in [0.15, 0.2) is 63.9 Å². The van der Waals surface area contributed by atoms with Gasteiger partial charge in [-0.1, -0.05) is 41.9 Å². The van der Waals surface area contributed by atoms with Crippen LogP contribution in [-0.4, -0.2) is 23.4 Å². The number of azo groups is 1. The first kappa shape index (κ1) is 15.6. The fourth-order valence-electron chi connectivity index (χ4n) is 2.14. The minimum absolute atomic E-state index is 0.328. The fraction of sp³-hybridized carbons (Fsp3) is 0.125. The Balaban J connectivity index is 1.83. The number of hydrazone groups is 1. The molecule has 1 unspecified atom stereocenters. The molecule has 23 heavy (non-hydrogen) atoms. The monoisotopic (exact) mass is 344 g/mol. The predicted octanol–water partition coefficient (Wildman–Crippen LogP) is 4.43. The lowest BCUT2D eigenvalue weighted by Crippen LogP contribution is -2.21. The Morgan fingerprint density at radius 1 is 1.26 bits per heavy atom. The Bertz CT molecular complexity index is 779. The molecule has 2 aromatic carbocycles. The molecule has 0 saturated carbocycles. The van der Waals surface area contributed by atoms with E-state index in [1.54, 1.807) is 30.5 Å². The van der Waals surface area contributed by atoms with E-state index >= 15 is 0 Å². The van der Waals surface area contributed by atoms with Gasteiger partial charge in [-0.15, -0.1) is 5.11 Å². The summed E-state index contributed by atoms with van der Waals surface area (Å²) in [6.07, 6.45) is 1.33. The summed E-state index contributed by atoms with van der Waals surface area (Å²) in [5.41, 5.74) is 1.80. The number of benzene rings is 2. The van der Waals surface area contributed by atoms with Crippen molar-refractivity contribution in [1.29, 1.82) is 0 Å². The molecule has 5 nitrogen and oxygen atoms in total. The average Bonchev–Trinajstić information content (AvgIpc) is 2.94. The quantitative estimate of drug-likeness (QED) is 0.608. The molecule has 0 radical (unpaired) electrons. The number of halogens is 1. The van der Waals surface area contributed by atoms with Gasteiger partial charge in [-0.25, -0.2) is 5.01 Å². The summed E-state index contributed by atoms with van der Waals surface area (Å²) in [7, 11) is 1.57. The average molecular weight is 345 g/mol. The molecular formula is C16H13ClN4OS.